The zero-order valence-corrected chi connectivity index (χ0v) is 9.17. The first kappa shape index (κ1) is 10.0. The maximum absolute atomic E-state index is 10.1. The van der Waals surface area contributed by atoms with Crippen molar-refractivity contribution in [1.82, 2.24) is 0 Å². The van der Waals surface area contributed by atoms with Crippen molar-refractivity contribution in [1.29, 1.82) is 5.26 Å². The number of hydrogen-bond acceptors (Lipinski definition) is 2. The Kier molecular flexibility index (Phi) is 2.19. The first-order chi connectivity index (χ1) is 7.10. The molecule has 1 N–H and O–H groups in total. The largest absolute Gasteiger partial charge is 0.507 e. The zero-order chi connectivity index (χ0) is 11.1. The Labute approximate surface area is 90.2 Å². The highest BCUT2D eigenvalue weighted by Gasteiger charge is 2.42. The van der Waals surface area contributed by atoms with Gasteiger partial charge in [0.05, 0.1) is 11.5 Å². The molecule has 0 atom stereocenters. The lowest BCUT2D eigenvalue weighted by Gasteiger charge is -2.37. The second-order valence-electron chi connectivity index (χ2n) is 4.47. The number of rotatable bonds is 1. The van der Waals surface area contributed by atoms with E-state index in [9.17, 15) is 10.4 Å². The smallest absolute Gasteiger partial charge is 0.123 e. The lowest BCUT2D eigenvalue weighted by atomic mass is 9.64. The number of benzene rings is 1. The van der Waals surface area contributed by atoms with Crippen LogP contribution < -0.4 is 0 Å². The van der Waals surface area contributed by atoms with E-state index >= 15 is 0 Å². The number of nitrogens with zero attached hydrogens (tertiary/aromatic N) is 1. The van der Waals surface area contributed by atoms with Crippen LogP contribution in [0.3, 0.4) is 0 Å². The molecule has 1 aliphatic rings. The molecule has 1 saturated carbocycles. The van der Waals surface area contributed by atoms with Gasteiger partial charge in [0, 0.05) is 5.56 Å². The molecule has 0 bridgehead atoms. The Balaban J connectivity index is 2.62. The number of hydrogen-bond donors (Lipinski definition) is 1. The van der Waals surface area contributed by atoms with Gasteiger partial charge < -0.3 is 5.11 Å². The minimum Gasteiger partial charge on any atom is -0.507 e. The van der Waals surface area contributed by atoms with Gasteiger partial charge in [0.15, 0.2) is 0 Å². The van der Waals surface area contributed by atoms with Crippen molar-refractivity contribution in [2.45, 2.75) is 38.5 Å². The summed E-state index contributed by atoms with van der Waals surface area (Å²) in [4.78, 5) is 0. The first-order valence-electron chi connectivity index (χ1n) is 5.32. The maximum atomic E-state index is 10.1. The summed E-state index contributed by atoms with van der Waals surface area (Å²) in [7, 11) is 0. The molecule has 1 fully saturated rings. The van der Waals surface area contributed by atoms with E-state index in [2.05, 4.69) is 6.07 Å². The molecule has 15 heavy (non-hydrogen) atoms. The van der Waals surface area contributed by atoms with Gasteiger partial charge in [-0.25, -0.2) is 0 Å². The maximum Gasteiger partial charge on any atom is 0.123 e. The van der Waals surface area contributed by atoms with Gasteiger partial charge in [-0.05, 0) is 44.2 Å². The average molecular weight is 201 g/mol. The number of nitriles is 1. The summed E-state index contributed by atoms with van der Waals surface area (Å²) in [5.41, 5.74) is 2.33. The van der Waals surface area contributed by atoms with Crippen molar-refractivity contribution >= 4 is 0 Å². The van der Waals surface area contributed by atoms with Crippen molar-refractivity contribution in [3.63, 3.8) is 0 Å². The predicted octanol–water partition coefficient (Wildman–Crippen LogP) is 2.95. The van der Waals surface area contributed by atoms with Gasteiger partial charge in [-0.1, -0.05) is 12.1 Å². The lowest BCUT2D eigenvalue weighted by molar-refractivity contribution is 0.309. The molecule has 2 heteroatoms. The van der Waals surface area contributed by atoms with Gasteiger partial charge in [0.2, 0.25) is 0 Å². The van der Waals surface area contributed by atoms with Crippen LogP contribution in [0.5, 0.6) is 5.75 Å². The number of phenolic OH excluding ortho intramolecular Hbond substituents is 1. The molecule has 78 valence electrons. The molecule has 0 unspecified atom stereocenters. The lowest BCUT2D eigenvalue weighted by Crippen LogP contribution is -2.33. The molecule has 0 amide bonds. The molecule has 0 aliphatic heterocycles. The van der Waals surface area contributed by atoms with E-state index in [0.29, 0.717) is 5.75 Å². The van der Waals surface area contributed by atoms with E-state index in [1.54, 1.807) is 0 Å². The van der Waals surface area contributed by atoms with Crippen LogP contribution >= 0.6 is 0 Å². The van der Waals surface area contributed by atoms with Crippen molar-refractivity contribution in [2.75, 3.05) is 0 Å². The second kappa shape index (κ2) is 3.27. The summed E-state index contributed by atoms with van der Waals surface area (Å²) in [6.45, 7) is 3.84. The van der Waals surface area contributed by atoms with Crippen LogP contribution in [0, 0.1) is 25.2 Å². The van der Waals surface area contributed by atoms with Crippen molar-refractivity contribution in [2.24, 2.45) is 0 Å². The highest BCUT2D eigenvalue weighted by atomic mass is 16.3. The Morgan fingerprint density at radius 2 is 1.87 bits per heavy atom. The summed E-state index contributed by atoms with van der Waals surface area (Å²) in [6, 6.07) is 6.27. The molecule has 0 saturated heterocycles. The fourth-order valence-corrected chi connectivity index (χ4v) is 2.35. The average Bonchev–Trinajstić information content (AvgIpc) is 2.16. The predicted molar refractivity (Wildman–Crippen MR) is 58.7 cm³/mol. The summed E-state index contributed by atoms with van der Waals surface area (Å²) < 4.78 is 0. The van der Waals surface area contributed by atoms with Crippen molar-refractivity contribution in [3.8, 4) is 11.8 Å². The molecule has 0 aromatic heterocycles. The minimum atomic E-state index is -0.416. The van der Waals surface area contributed by atoms with Crippen molar-refractivity contribution in [3.05, 3.63) is 28.8 Å². The van der Waals surface area contributed by atoms with Gasteiger partial charge in [-0.3, -0.25) is 0 Å². The van der Waals surface area contributed by atoms with E-state index in [1.807, 2.05) is 26.0 Å². The van der Waals surface area contributed by atoms with Gasteiger partial charge in [-0.15, -0.1) is 0 Å². The Morgan fingerprint density at radius 1 is 1.27 bits per heavy atom. The summed E-state index contributed by atoms with van der Waals surface area (Å²) in [5.74, 6) is 0.316. The molecule has 1 aliphatic carbocycles. The summed E-state index contributed by atoms with van der Waals surface area (Å²) in [5, 5.41) is 19.3. The Bertz CT molecular complexity index is 439. The molecule has 2 rings (SSSR count). The second-order valence-corrected chi connectivity index (χ2v) is 4.47. The van der Waals surface area contributed by atoms with Crippen LogP contribution in [-0.4, -0.2) is 5.11 Å². The summed E-state index contributed by atoms with van der Waals surface area (Å²) in [6.07, 6.45) is 2.84. The van der Waals surface area contributed by atoms with E-state index in [0.717, 1.165) is 36.0 Å². The van der Waals surface area contributed by atoms with Gasteiger partial charge in [0.1, 0.15) is 5.75 Å². The molecular weight excluding hydrogens is 186 g/mol. The third kappa shape index (κ3) is 1.31. The monoisotopic (exact) mass is 201 g/mol. The zero-order valence-electron chi connectivity index (χ0n) is 9.17. The molecule has 0 spiro atoms. The highest BCUT2D eigenvalue weighted by Crippen LogP contribution is 2.48. The summed E-state index contributed by atoms with van der Waals surface area (Å²) >= 11 is 0. The molecule has 0 heterocycles. The van der Waals surface area contributed by atoms with Crippen molar-refractivity contribution < 1.29 is 5.11 Å². The molecule has 1 aromatic carbocycles. The first-order valence-corrected chi connectivity index (χ1v) is 5.32. The molecule has 1 aromatic rings. The van der Waals surface area contributed by atoms with Crippen LogP contribution in [0.1, 0.15) is 36.0 Å². The Morgan fingerprint density at radius 3 is 2.33 bits per heavy atom. The molecular formula is C13H15NO. The van der Waals surface area contributed by atoms with Gasteiger partial charge in [0.25, 0.3) is 0 Å². The van der Waals surface area contributed by atoms with E-state index < -0.39 is 5.41 Å². The SMILES string of the molecule is Cc1ccc(C)c(C2(C#N)CCC2)c1O. The topological polar surface area (TPSA) is 44.0 Å². The third-order valence-electron chi connectivity index (χ3n) is 3.49. The fraction of sp³-hybridized carbons (Fsp3) is 0.462. The van der Waals surface area contributed by atoms with Crippen LogP contribution in [0.25, 0.3) is 0 Å². The molecule has 0 radical (unpaired) electrons. The van der Waals surface area contributed by atoms with Gasteiger partial charge in [-0.2, -0.15) is 5.26 Å². The quantitative estimate of drug-likeness (QED) is 0.759. The van der Waals surface area contributed by atoms with E-state index in [1.165, 1.54) is 0 Å². The number of aryl methyl sites for hydroxylation is 2. The van der Waals surface area contributed by atoms with Crippen LogP contribution in [-0.2, 0) is 5.41 Å². The number of aromatic hydroxyl groups is 1. The van der Waals surface area contributed by atoms with Crippen LogP contribution in [0.2, 0.25) is 0 Å². The van der Waals surface area contributed by atoms with E-state index in [-0.39, 0.29) is 0 Å². The Hall–Kier alpha value is -1.49. The highest BCUT2D eigenvalue weighted by molar-refractivity contribution is 5.52. The third-order valence-corrected chi connectivity index (χ3v) is 3.49. The fourth-order valence-electron chi connectivity index (χ4n) is 2.35. The standard InChI is InChI=1S/C13H15NO/c1-9-4-5-10(2)12(15)11(9)13(8-14)6-3-7-13/h4-5,15H,3,6-7H2,1-2H3. The van der Waals surface area contributed by atoms with E-state index in [4.69, 9.17) is 0 Å². The number of phenols is 1. The van der Waals surface area contributed by atoms with Crippen LogP contribution in [0.4, 0.5) is 0 Å². The molecule has 2 nitrogen and oxygen atoms in total. The normalized spacial score (nSPS) is 17.9. The minimum absolute atomic E-state index is 0.316. The van der Waals surface area contributed by atoms with Gasteiger partial charge >= 0.3 is 0 Å². The van der Waals surface area contributed by atoms with Crippen LogP contribution in [0.15, 0.2) is 12.1 Å².